The van der Waals surface area contributed by atoms with Gasteiger partial charge in [-0.3, -0.25) is 0 Å². The summed E-state index contributed by atoms with van der Waals surface area (Å²) in [4.78, 5) is 5.51. The highest BCUT2D eigenvalue weighted by atomic mass is 32.1. The van der Waals surface area contributed by atoms with E-state index in [1.807, 2.05) is 12.4 Å². The summed E-state index contributed by atoms with van der Waals surface area (Å²) in [6.45, 7) is 4.12. The molecular formula is C12H13NS2. The van der Waals surface area contributed by atoms with Crippen molar-refractivity contribution in [2.45, 2.75) is 19.1 Å². The number of hydrogen-bond acceptors (Lipinski definition) is 3. The van der Waals surface area contributed by atoms with Crippen LogP contribution in [-0.2, 0) is 0 Å². The predicted octanol–water partition coefficient (Wildman–Crippen LogP) is 4.11. The number of thiazole rings is 1. The first-order chi connectivity index (χ1) is 7.18. The van der Waals surface area contributed by atoms with Gasteiger partial charge in [0.2, 0.25) is 0 Å². The predicted molar refractivity (Wildman–Crippen MR) is 69.7 cm³/mol. The molecule has 0 saturated heterocycles. The Hall–Kier alpha value is -0.800. The van der Waals surface area contributed by atoms with Gasteiger partial charge in [-0.25, -0.2) is 4.98 Å². The SMILES string of the molecule is Cc1ncsc1-c1ccc([C@H](C)S)cc1. The lowest BCUT2D eigenvalue weighted by atomic mass is 10.1. The van der Waals surface area contributed by atoms with Crippen LogP contribution in [-0.4, -0.2) is 4.98 Å². The summed E-state index contributed by atoms with van der Waals surface area (Å²) in [5, 5.41) is 0.293. The van der Waals surface area contributed by atoms with E-state index in [2.05, 4.69) is 48.8 Å². The standard InChI is InChI=1S/C12H13NS2/c1-8-12(15-7-13-8)11-5-3-10(4-6-11)9(2)14/h3-7,9,14H,1-2H3/t9-/m0/s1. The molecule has 1 nitrogen and oxygen atoms in total. The van der Waals surface area contributed by atoms with Crippen LogP contribution in [0, 0.1) is 6.92 Å². The molecule has 0 bridgehead atoms. The molecule has 0 N–H and O–H groups in total. The minimum Gasteiger partial charge on any atom is -0.249 e. The molecule has 0 aliphatic heterocycles. The monoisotopic (exact) mass is 235 g/mol. The number of aryl methyl sites for hydroxylation is 1. The zero-order valence-electron chi connectivity index (χ0n) is 8.77. The van der Waals surface area contributed by atoms with Crippen LogP contribution in [0.25, 0.3) is 10.4 Å². The lowest BCUT2D eigenvalue weighted by Crippen LogP contribution is -1.84. The molecule has 0 radical (unpaired) electrons. The lowest BCUT2D eigenvalue weighted by Gasteiger charge is -2.05. The van der Waals surface area contributed by atoms with Crippen molar-refractivity contribution in [3.63, 3.8) is 0 Å². The van der Waals surface area contributed by atoms with Gasteiger partial charge in [0.1, 0.15) is 0 Å². The molecule has 0 saturated carbocycles. The van der Waals surface area contributed by atoms with E-state index in [1.165, 1.54) is 16.0 Å². The Bertz CT molecular complexity index is 443. The number of benzene rings is 1. The number of hydrogen-bond donors (Lipinski definition) is 1. The van der Waals surface area contributed by atoms with Gasteiger partial charge in [-0.15, -0.1) is 11.3 Å². The van der Waals surface area contributed by atoms with Gasteiger partial charge in [0.15, 0.2) is 0 Å². The van der Waals surface area contributed by atoms with Crippen LogP contribution in [0.15, 0.2) is 29.8 Å². The molecule has 2 rings (SSSR count). The first-order valence-corrected chi connectivity index (χ1v) is 6.26. The highest BCUT2D eigenvalue weighted by Gasteiger charge is 2.05. The quantitative estimate of drug-likeness (QED) is 0.773. The number of aromatic nitrogens is 1. The molecule has 1 aromatic carbocycles. The molecule has 0 amide bonds. The van der Waals surface area contributed by atoms with Gasteiger partial charge in [0, 0.05) is 5.25 Å². The van der Waals surface area contributed by atoms with Gasteiger partial charge in [0.05, 0.1) is 16.1 Å². The molecule has 1 atom stereocenters. The Labute approximate surface area is 99.6 Å². The third kappa shape index (κ3) is 2.24. The van der Waals surface area contributed by atoms with E-state index >= 15 is 0 Å². The Kier molecular flexibility index (Phi) is 3.12. The Morgan fingerprint density at radius 2 is 1.93 bits per heavy atom. The molecule has 0 fully saturated rings. The fourth-order valence-electron chi connectivity index (χ4n) is 1.49. The zero-order valence-corrected chi connectivity index (χ0v) is 10.5. The highest BCUT2D eigenvalue weighted by Crippen LogP contribution is 2.28. The van der Waals surface area contributed by atoms with Crippen molar-refractivity contribution < 1.29 is 0 Å². The summed E-state index contributed by atoms with van der Waals surface area (Å²) in [7, 11) is 0. The molecule has 1 aromatic heterocycles. The molecule has 0 unspecified atom stereocenters. The maximum absolute atomic E-state index is 4.41. The first kappa shape index (κ1) is 10.7. The van der Waals surface area contributed by atoms with Crippen molar-refractivity contribution >= 4 is 24.0 Å². The van der Waals surface area contributed by atoms with Crippen LogP contribution in [0.2, 0.25) is 0 Å². The largest absolute Gasteiger partial charge is 0.249 e. The lowest BCUT2D eigenvalue weighted by molar-refractivity contribution is 1.11. The highest BCUT2D eigenvalue weighted by molar-refractivity contribution is 7.80. The fourth-order valence-corrected chi connectivity index (χ4v) is 2.48. The Morgan fingerprint density at radius 3 is 2.40 bits per heavy atom. The van der Waals surface area contributed by atoms with Crippen molar-refractivity contribution in [2.24, 2.45) is 0 Å². The molecule has 3 heteroatoms. The molecule has 0 spiro atoms. The van der Waals surface area contributed by atoms with Crippen molar-refractivity contribution in [2.75, 3.05) is 0 Å². The van der Waals surface area contributed by atoms with Crippen molar-refractivity contribution in [1.29, 1.82) is 0 Å². The topological polar surface area (TPSA) is 12.9 Å². The third-order valence-electron chi connectivity index (χ3n) is 2.40. The van der Waals surface area contributed by atoms with Crippen molar-refractivity contribution in [1.82, 2.24) is 4.98 Å². The van der Waals surface area contributed by atoms with Crippen LogP contribution >= 0.6 is 24.0 Å². The summed E-state index contributed by atoms with van der Waals surface area (Å²) < 4.78 is 0. The molecule has 0 aliphatic rings. The Balaban J connectivity index is 2.36. The molecular weight excluding hydrogens is 222 g/mol. The first-order valence-electron chi connectivity index (χ1n) is 4.87. The summed E-state index contributed by atoms with van der Waals surface area (Å²) >= 11 is 6.09. The van der Waals surface area contributed by atoms with E-state index in [-0.39, 0.29) is 0 Å². The van der Waals surface area contributed by atoms with Crippen LogP contribution in [0.1, 0.15) is 23.4 Å². The summed E-state index contributed by atoms with van der Waals surface area (Å²) in [6.07, 6.45) is 0. The van der Waals surface area contributed by atoms with E-state index < -0.39 is 0 Å². The second-order valence-electron chi connectivity index (χ2n) is 3.56. The van der Waals surface area contributed by atoms with Crippen molar-refractivity contribution in [3.8, 4) is 10.4 Å². The van der Waals surface area contributed by atoms with Gasteiger partial charge >= 0.3 is 0 Å². The molecule has 0 aliphatic carbocycles. The van der Waals surface area contributed by atoms with Gasteiger partial charge in [-0.05, 0) is 25.0 Å². The Morgan fingerprint density at radius 1 is 1.27 bits per heavy atom. The van der Waals surface area contributed by atoms with E-state index in [0.717, 1.165) is 5.69 Å². The van der Waals surface area contributed by atoms with E-state index in [1.54, 1.807) is 11.3 Å². The second-order valence-corrected chi connectivity index (χ2v) is 5.19. The van der Waals surface area contributed by atoms with Crippen molar-refractivity contribution in [3.05, 3.63) is 41.0 Å². The van der Waals surface area contributed by atoms with E-state index in [4.69, 9.17) is 0 Å². The number of rotatable bonds is 2. The van der Waals surface area contributed by atoms with Crippen LogP contribution in [0.3, 0.4) is 0 Å². The molecule has 1 heterocycles. The summed E-state index contributed by atoms with van der Waals surface area (Å²) in [6, 6.07) is 8.55. The zero-order chi connectivity index (χ0) is 10.8. The third-order valence-corrected chi connectivity index (χ3v) is 3.68. The van der Waals surface area contributed by atoms with Crippen LogP contribution < -0.4 is 0 Å². The fraction of sp³-hybridized carbons (Fsp3) is 0.250. The van der Waals surface area contributed by atoms with Gasteiger partial charge < -0.3 is 0 Å². The van der Waals surface area contributed by atoms with Crippen LogP contribution in [0.5, 0.6) is 0 Å². The molecule has 2 aromatic rings. The minimum atomic E-state index is 0.293. The molecule has 78 valence electrons. The number of thiol groups is 1. The summed E-state index contributed by atoms with van der Waals surface area (Å²) in [5.74, 6) is 0. The van der Waals surface area contributed by atoms with E-state index in [0.29, 0.717) is 5.25 Å². The summed E-state index contributed by atoms with van der Waals surface area (Å²) in [5.41, 5.74) is 5.49. The maximum Gasteiger partial charge on any atom is 0.0801 e. The second kappa shape index (κ2) is 4.37. The van der Waals surface area contributed by atoms with E-state index in [9.17, 15) is 0 Å². The van der Waals surface area contributed by atoms with Gasteiger partial charge in [-0.2, -0.15) is 12.6 Å². The van der Waals surface area contributed by atoms with Gasteiger partial charge in [-0.1, -0.05) is 24.3 Å². The molecule has 15 heavy (non-hydrogen) atoms. The van der Waals surface area contributed by atoms with Gasteiger partial charge in [0.25, 0.3) is 0 Å². The average molecular weight is 235 g/mol. The smallest absolute Gasteiger partial charge is 0.0801 e. The number of nitrogens with zero attached hydrogens (tertiary/aromatic N) is 1. The normalized spacial score (nSPS) is 12.7. The average Bonchev–Trinajstić information content (AvgIpc) is 2.65. The van der Waals surface area contributed by atoms with Crippen LogP contribution in [0.4, 0.5) is 0 Å². The minimum absolute atomic E-state index is 0.293. The maximum atomic E-state index is 4.41.